The quantitative estimate of drug-likeness (QED) is 0.414. The van der Waals surface area contributed by atoms with Crippen molar-refractivity contribution in [3.63, 3.8) is 0 Å². The summed E-state index contributed by atoms with van der Waals surface area (Å²) in [6.07, 6.45) is 7.73. The van der Waals surface area contributed by atoms with Crippen LogP contribution in [0.25, 0.3) is 21.7 Å². The first-order valence-corrected chi connectivity index (χ1v) is 10.2. The fourth-order valence-corrected chi connectivity index (χ4v) is 4.10. The summed E-state index contributed by atoms with van der Waals surface area (Å²) >= 11 is 0. The average Bonchev–Trinajstić information content (AvgIpc) is 2.75. The zero-order chi connectivity index (χ0) is 20.5. The molecule has 4 aromatic rings. The number of aromatic nitrogens is 4. The summed E-state index contributed by atoms with van der Waals surface area (Å²) < 4.78 is 0. The molecule has 1 saturated carbocycles. The molecule has 1 aliphatic carbocycles. The lowest BCUT2D eigenvalue weighted by atomic mass is 9.91. The molecule has 5 N–H and O–H groups in total. The molecule has 0 saturated heterocycles. The standard InChI is InChI=1S/C22H23N7O/c23-16-5-1-2-6-18(16)27-19-11-14-12-25-29-22(30)20(14)21(28-19)26-15-7-8-17-13(10-15)4-3-9-24-17/h3-4,7-12,16,18H,1-2,5-6,23H2,(H,29,30)(H2,26,27,28)/t16-,18+/m0/s1. The molecule has 0 aliphatic heterocycles. The molecular weight excluding hydrogens is 378 g/mol. The summed E-state index contributed by atoms with van der Waals surface area (Å²) in [5.74, 6) is 1.16. The van der Waals surface area contributed by atoms with Gasteiger partial charge in [-0.1, -0.05) is 18.9 Å². The number of pyridine rings is 2. The number of nitrogens with two attached hydrogens (primary N) is 1. The molecule has 1 aromatic carbocycles. The van der Waals surface area contributed by atoms with Crippen LogP contribution in [-0.2, 0) is 0 Å². The molecular formula is C22H23N7O. The SMILES string of the molecule is N[C@H]1CCCC[C@H]1Nc1cc2cn[nH]c(=O)c2c(Nc2ccc3ncccc3c2)n1. The Hall–Kier alpha value is -3.52. The van der Waals surface area contributed by atoms with Gasteiger partial charge >= 0.3 is 0 Å². The second-order valence-electron chi connectivity index (χ2n) is 7.75. The first-order chi connectivity index (χ1) is 14.7. The minimum absolute atomic E-state index is 0.0953. The van der Waals surface area contributed by atoms with E-state index < -0.39 is 0 Å². The van der Waals surface area contributed by atoms with Crippen molar-refractivity contribution in [3.05, 3.63) is 59.1 Å². The van der Waals surface area contributed by atoms with Crippen LogP contribution in [0.1, 0.15) is 25.7 Å². The molecule has 30 heavy (non-hydrogen) atoms. The molecule has 0 radical (unpaired) electrons. The van der Waals surface area contributed by atoms with Crippen molar-refractivity contribution in [2.24, 2.45) is 5.73 Å². The van der Waals surface area contributed by atoms with Gasteiger partial charge in [0.15, 0.2) is 0 Å². The van der Waals surface area contributed by atoms with Crippen molar-refractivity contribution < 1.29 is 0 Å². The van der Waals surface area contributed by atoms with Gasteiger partial charge in [0.05, 0.1) is 17.1 Å². The molecule has 8 heteroatoms. The molecule has 3 heterocycles. The number of nitrogens with zero attached hydrogens (tertiary/aromatic N) is 3. The van der Waals surface area contributed by atoms with Crippen molar-refractivity contribution in [3.8, 4) is 0 Å². The van der Waals surface area contributed by atoms with E-state index in [1.54, 1.807) is 12.4 Å². The predicted molar refractivity (Wildman–Crippen MR) is 119 cm³/mol. The average molecular weight is 401 g/mol. The largest absolute Gasteiger partial charge is 0.366 e. The van der Waals surface area contributed by atoms with Gasteiger partial charge in [-0.15, -0.1) is 0 Å². The number of nitrogens with one attached hydrogen (secondary N) is 3. The minimum atomic E-state index is -0.286. The van der Waals surface area contributed by atoms with Crippen LogP contribution in [-0.4, -0.2) is 32.2 Å². The Morgan fingerprint density at radius 1 is 1.10 bits per heavy atom. The van der Waals surface area contributed by atoms with E-state index in [2.05, 4.69) is 25.8 Å². The number of aromatic amines is 1. The van der Waals surface area contributed by atoms with Gasteiger partial charge in [-0.05, 0) is 43.2 Å². The summed E-state index contributed by atoms with van der Waals surface area (Å²) in [7, 11) is 0. The fourth-order valence-electron chi connectivity index (χ4n) is 4.10. The summed E-state index contributed by atoms with van der Waals surface area (Å²) in [5, 5.41) is 15.4. The number of anilines is 3. The Morgan fingerprint density at radius 3 is 2.90 bits per heavy atom. The number of benzene rings is 1. The topological polar surface area (TPSA) is 122 Å². The first-order valence-electron chi connectivity index (χ1n) is 10.2. The number of hydrogen-bond acceptors (Lipinski definition) is 7. The highest BCUT2D eigenvalue weighted by Gasteiger charge is 2.22. The van der Waals surface area contributed by atoms with Crippen LogP contribution in [0.4, 0.5) is 17.3 Å². The lowest BCUT2D eigenvalue weighted by Crippen LogP contribution is -2.42. The molecule has 5 rings (SSSR count). The number of rotatable bonds is 4. The van der Waals surface area contributed by atoms with Crippen LogP contribution in [0.3, 0.4) is 0 Å². The van der Waals surface area contributed by atoms with Gasteiger partial charge in [0.25, 0.3) is 5.56 Å². The molecule has 2 atom stereocenters. The maximum atomic E-state index is 12.5. The maximum absolute atomic E-state index is 12.5. The summed E-state index contributed by atoms with van der Waals surface area (Å²) in [6, 6.07) is 11.9. The van der Waals surface area contributed by atoms with Crippen LogP contribution in [0.2, 0.25) is 0 Å². The van der Waals surface area contributed by atoms with Crippen molar-refractivity contribution >= 4 is 39.0 Å². The number of hydrogen-bond donors (Lipinski definition) is 4. The molecule has 0 spiro atoms. The molecule has 1 aliphatic rings. The number of fused-ring (bicyclic) bond motifs is 2. The Labute approximate surface area is 172 Å². The van der Waals surface area contributed by atoms with Crippen LogP contribution in [0, 0.1) is 0 Å². The van der Waals surface area contributed by atoms with E-state index in [9.17, 15) is 4.79 Å². The van der Waals surface area contributed by atoms with E-state index in [1.165, 1.54) is 0 Å². The van der Waals surface area contributed by atoms with Gasteiger partial charge in [-0.25, -0.2) is 10.1 Å². The van der Waals surface area contributed by atoms with Crippen LogP contribution in [0.15, 0.2) is 53.6 Å². The van der Waals surface area contributed by atoms with Gasteiger partial charge < -0.3 is 16.4 Å². The minimum Gasteiger partial charge on any atom is -0.366 e. The molecule has 1 fully saturated rings. The number of H-pyrrole nitrogens is 1. The summed E-state index contributed by atoms with van der Waals surface area (Å²) in [5.41, 5.74) is 7.75. The van der Waals surface area contributed by atoms with Crippen molar-refractivity contribution in [2.75, 3.05) is 10.6 Å². The van der Waals surface area contributed by atoms with Crippen molar-refractivity contribution in [1.82, 2.24) is 20.2 Å². The smallest absolute Gasteiger partial charge is 0.275 e. The summed E-state index contributed by atoms with van der Waals surface area (Å²) in [4.78, 5) is 21.6. The molecule has 152 valence electrons. The predicted octanol–water partition coefficient (Wildman–Crippen LogP) is 3.29. The molecule has 0 amide bonds. The molecule has 3 aromatic heterocycles. The van der Waals surface area contributed by atoms with Gasteiger partial charge in [-0.3, -0.25) is 9.78 Å². The van der Waals surface area contributed by atoms with Gasteiger partial charge in [0.1, 0.15) is 11.6 Å². The zero-order valence-corrected chi connectivity index (χ0v) is 16.4. The third kappa shape index (κ3) is 3.57. The second-order valence-corrected chi connectivity index (χ2v) is 7.75. The van der Waals surface area contributed by atoms with E-state index >= 15 is 0 Å². The van der Waals surface area contributed by atoms with Crippen molar-refractivity contribution in [2.45, 2.75) is 37.8 Å². The molecule has 0 bridgehead atoms. The third-order valence-corrected chi connectivity index (χ3v) is 5.67. The second kappa shape index (κ2) is 7.72. The van der Waals surface area contributed by atoms with Gasteiger partial charge in [0.2, 0.25) is 0 Å². The Morgan fingerprint density at radius 2 is 2.00 bits per heavy atom. The van der Waals surface area contributed by atoms with E-state index in [-0.39, 0.29) is 17.6 Å². The Bertz CT molecular complexity index is 1270. The van der Waals surface area contributed by atoms with E-state index in [0.29, 0.717) is 22.4 Å². The van der Waals surface area contributed by atoms with E-state index in [4.69, 9.17) is 10.7 Å². The highest BCUT2D eigenvalue weighted by atomic mass is 16.1. The maximum Gasteiger partial charge on any atom is 0.275 e. The Balaban J connectivity index is 1.55. The first kappa shape index (κ1) is 18.5. The third-order valence-electron chi connectivity index (χ3n) is 5.67. The van der Waals surface area contributed by atoms with Gasteiger partial charge in [-0.2, -0.15) is 5.10 Å². The zero-order valence-electron chi connectivity index (χ0n) is 16.4. The monoisotopic (exact) mass is 401 g/mol. The molecule has 0 unspecified atom stereocenters. The normalized spacial score (nSPS) is 19.1. The van der Waals surface area contributed by atoms with Crippen LogP contribution >= 0.6 is 0 Å². The van der Waals surface area contributed by atoms with E-state index in [0.717, 1.165) is 42.3 Å². The lowest BCUT2D eigenvalue weighted by Gasteiger charge is -2.30. The van der Waals surface area contributed by atoms with Gasteiger partial charge in [0, 0.05) is 34.7 Å². The Kier molecular flexibility index (Phi) is 4.76. The van der Waals surface area contributed by atoms with Crippen molar-refractivity contribution in [1.29, 1.82) is 0 Å². The fraction of sp³-hybridized carbons (Fsp3) is 0.273. The molecule has 8 nitrogen and oxygen atoms in total. The van der Waals surface area contributed by atoms with Crippen LogP contribution in [0.5, 0.6) is 0 Å². The highest BCUT2D eigenvalue weighted by molar-refractivity contribution is 5.94. The lowest BCUT2D eigenvalue weighted by molar-refractivity contribution is 0.403. The highest BCUT2D eigenvalue weighted by Crippen LogP contribution is 2.28. The van der Waals surface area contributed by atoms with E-state index in [1.807, 2.05) is 36.4 Å². The summed E-state index contributed by atoms with van der Waals surface area (Å²) in [6.45, 7) is 0. The van der Waals surface area contributed by atoms with Crippen LogP contribution < -0.4 is 21.9 Å².